The molecule has 1 aliphatic rings. The minimum Gasteiger partial charge on any atom is -0.384 e. The molecule has 0 saturated carbocycles. The van der Waals surface area contributed by atoms with Gasteiger partial charge < -0.3 is 11.1 Å². The molecule has 1 aliphatic heterocycles. The van der Waals surface area contributed by atoms with Crippen LogP contribution >= 0.6 is 0 Å². The van der Waals surface area contributed by atoms with Crippen molar-refractivity contribution in [3.8, 4) is 0 Å². The molecule has 0 fully saturated rings. The lowest BCUT2D eigenvalue weighted by Crippen LogP contribution is -2.14. The third-order valence-corrected chi connectivity index (χ3v) is 2.81. The largest absolute Gasteiger partial charge is 0.384 e. The molecule has 1 amide bonds. The number of fused-ring (bicyclic) bond motifs is 1. The van der Waals surface area contributed by atoms with Crippen LogP contribution in [-0.2, 0) is 0 Å². The summed E-state index contributed by atoms with van der Waals surface area (Å²) in [6, 6.07) is 5.66. The smallest absolute Gasteiger partial charge is 0.249 e. The molecule has 74 valence electrons. The molecule has 1 heterocycles. The summed E-state index contributed by atoms with van der Waals surface area (Å²) < 4.78 is 0. The maximum Gasteiger partial charge on any atom is 0.249 e. The van der Waals surface area contributed by atoms with E-state index in [1.54, 1.807) is 6.07 Å². The molecule has 1 unspecified atom stereocenters. The molecule has 0 bridgehead atoms. The van der Waals surface area contributed by atoms with E-state index in [0.717, 1.165) is 24.2 Å². The van der Waals surface area contributed by atoms with Crippen molar-refractivity contribution in [2.24, 2.45) is 5.73 Å². The lowest BCUT2D eigenvalue weighted by Gasteiger charge is -2.09. The Bertz CT molecular complexity index is 374. The van der Waals surface area contributed by atoms with Gasteiger partial charge in [0.15, 0.2) is 0 Å². The highest BCUT2D eigenvalue weighted by atomic mass is 16.1. The summed E-state index contributed by atoms with van der Waals surface area (Å²) in [4.78, 5) is 11.2. The number of rotatable bonds is 2. The number of nitrogens with two attached hydrogens (primary N) is 1. The first kappa shape index (κ1) is 9.06. The van der Waals surface area contributed by atoms with Crippen LogP contribution in [0.3, 0.4) is 0 Å². The normalized spacial score (nSPS) is 18.8. The molecule has 1 aromatic rings. The van der Waals surface area contributed by atoms with Crippen molar-refractivity contribution in [3.05, 3.63) is 29.3 Å². The standard InChI is InChI=1S/C11H14N2O/c1-2-7-6-13-9-5-3-4-8(10(7)9)11(12)14/h3-5,7,13H,2,6H2,1H3,(H2,12,14). The number of carbonyl (C=O) groups is 1. The van der Waals surface area contributed by atoms with E-state index in [0.29, 0.717) is 11.5 Å². The van der Waals surface area contributed by atoms with Crippen LogP contribution in [0.1, 0.15) is 35.2 Å². The third kappa shape index (κ3) is 1.25. The van der Waals surface area contributed by atoms with Gasteiger partial charge in [-0.05, 0) is 24.1 Å². The van der Waals surface area contributed by atoms with Crippen LogP contribution in [0.5, 0.6) is 0 Å². The first-order valence-electron chi connectivity index (χ1n) is 4.90. The predicted molar refractivity (Wildman–Crippen MR) is 56.5 cm³/mol. The van der Waals surface area contributed by atoms with Crippen molar-refractivity contribution in [2.45, 2.75) is 19.3 Å². The summed E-state index contributed by atoms with van der Waals surface area (Å²) in [6.45, 7) is 3.04. The highest BCUT2D eigenvalue weighted by molar-refractivity contribution is 5.96. The van der Waals surface area contributed by atoms with E-state index in [1.807, 2.05) is 12.1 Å². The molecule has 0 aromatic heterocycles. The summed E-state index contributed by atoms with van der Waals surface area (Å²) in [5.74, 6) is 0.0951. The Morgan fingerprint density at radius 1 is 1.64 bits per heavy atom. The van der Waals surface area contributed by atoms with E-state index in [4.69, 9.17) is 5.73 Å². The Labute approximate surface area is 83.3 Å². The average molecular weight is 190 g/mol. The molecule has 0 spiro atoms. The third-order valence-electron chi connectivity index (χ3n) is 2.81. The van der Waals surface area contributed by atoms with E-state index >= 15 is 0 Å². The molecule has 14 heavy (non-hydrogen) atoms. The van der Waals surface area contributed by atoms with Gasteiger partial charge in [-0.3, -0.25) is 4.79 Å². The van der Waals surface area contributed by atoms with Gasteiger partial charge >= 0.3 is 0 Å². The minimum absolute atomic E-state index is 0.330. The van der Waals surface area contributed by atoms with Gasteiger partial charge in [0.2, 0.25) is 5.91 Å². The monoisotopic (exact) mass is 190 g/mol. The minimum atomic E-state index is -0.330. The number of nitrogens with one attached hydrogen (secondary N) is 1. The molecule has 3 heteroatoms. The van der Waals surface area contributed by atoms with Crippen molar-refractivity contribution in [1.82, 2.24) is 0 Å². The highest BCUT2D eigenvalue weighted by Crippen LogP contribution is 2.35. The van der Waals surface area contributed by atoms with Crippen molar-refractivity contribution in [3.63, 3.8) is 0 Å². The van der Waals surface area contributed by atoms with Crippen LogP contribution in [0.25, 0.3) is 0 Å². The predicted octanol–water partition coefficient (Wildman–Crippen LogP) is 1.70. The first-order chi connectivity index (χ1) is 6.74. The SMILES string of the molecule is CCC1CNc2cccc(C(N)=O)c21. The lowest BCUT2D eigenvalue weighted by molar-refractivity contribution is 0.0999. The van der Waals surface area contributed by atoms with Crippen LogP contribution in [0.4, 0.5) is 5.69 Å². The number of primary amides is 1. The summed E-state index contributed by atoms with van der Waals surface area (Å²) in [5, 5.41) is 3.29. The van der Waals surface area contributed by atoms with Crippen LogP contribution in [0, 0.1) is 0 Å². The highest BCUT2D eigenvalue weighted by Gasteiger charge is 2.24. The number of hydrogen-bond donors (Lipinski definition) is 2. The van der Waals surface area contributed by atoms with Crippen molar-refractivity contribution in [2.75, 3.05) is 11.9 Å². The van der Waals surface area contributed by atoms with Crippen molar-refractivity contribution in [1.29, 1.82) is 0 Å². The Morgan fingerprint density at radius 3 is 3.07 bits per heavy atom. The van der Waals surface area contributed by atoms with Crippen LogP contribution in [0.15, 0.2) is 18.2 Å². The van der Waals surface area contributed by atoms with Crippen LogP contribution in [-0.4, -0.2) is 12.5 Å². The van der Waals surface area contributed by atoms with E-state index < -0.39 is 0 Å². The number of benzene rings is 1. The van der Waals surface area contributed by atoms with E-state index in [-0.39, 0.29) is 5.91 Å². The second kappa shape index (κ2) is 3.33. The van der Waals surface area contributed by atoms with Crippen molar-refractivity contribution >= 4 is 11.6 Å². The Kier molecular flexibility index (Phi) is 2.15. The van der Waals surface area contributed by atoms with Gasteiger partial charge in [-0.1, -0.05) is 13.0 Å². The Balaban J connectivity index is 2.54. The summed E-state index contributed by atoms with van der Waals surface area (Å²) in [7, 11) is 0. The molecular weight excluding hydrogens is 176 g/mol. The lowest BCUT2D eigenvalue weighted by atomic mass is 9.93. The second-order valence-corrected chi connectivity index (χ2v) is 3.62. The van der Waals surface area contributed by atoms with Gasteiger partial charge in [-0.25, -0.2) is 0 Å². The summed E-state index contributed by atoms with van der Waals surface area (Å²) >= 11 is 0. The molecule has 0 aliphatic carbocycles. The fourth-order valence-corrected chi connectivity index (χ4v) is 2.06. The molecule has 3 N–H and O–H groups in total. The summed E-state index contributed by atoms with van der Waals surface area (Å²) in [5.41, 5.74) is 8.17. The number of amides is 1. The molecule has 2 rings (SSSR count). The van der Waals surface area contributed by atoms with E-state index in [1.165, 1.54) is 0 Å². The fraction of sp³-hybridized carbons (Fsp3) is 0.364. The van der Waals surface area contributed by atoms with Crippen LogP contribution < -0.4 is 11.1 Å². The first-order valence-corrected chi connectivity index (χ1v) is 4.90. The quantitative estimate of drug-likeness (QED) is 0.745. The number of anilines is 1. The average Bonchev–Trinajstić information content (AvgIpc) is 2.59. The number of carbonyl (C=O) groups excluding carboxylic acids is 1. The van der Waals surface area contributed by atoms with Gasteiger partial charge in [-0.2, -0.15) is 0 Å². The van der Waals surface area contributed by atoms with Crippen molar-refractivity contribution < 1.29 is 4.79 Å². The zero-order valence-electron chi connectivity index (χ0n) is 8.21. The van der Waals surface area contributed by atoms with E-state index in [9.17, 15) is 4.79 Å². The van der Waals surface area contributed by atoms with Gasteiger partial charge in [-0.15, -0.1) is 0 Å². The molecular formula is C11H14N2O. The van der Waals surface area contributed by atoms with Gasteiger partial charge in [0, 0.05) is 23.7 Å². The molecule has 1 aromatic carbocycles. The fourth-order valence-electron chi connectivity index (χ4n) is 2.06. The molecule has 1 atom stereocenters. The maximum atomic E-state index is 11.2. The Hall–Kier alpha value is -1.51. The Morgan fingerprint density at radius 2 is 2.43 bits per heavy atom. The molecule has 0 radical (unpaired) electrons. The van der Waals surface area contributed by atoms with Gasteiger partial charge in [0.05, 0.1) is 0 Å². The second-order valence-electron chi connectivity index (χ2n) is 3.62. The van der Waals surface area contributed by atoms with Gasteiger partial charge in [0.25, 0.3) is 0 Å². The zero-order valence-corrected chi connectivity index (χ0v) is 8.21. The van der Waals surface area contributed by atoms with Crippen LogP contribution in [0.2, 0.25) is 0 Å². The number of hydrogen-bond acceptors (Lipinski definition) is 2. The van der Waals surface area contributed by atoms with E-state index in [2.05, 4.69) is 12.2 Å². The molecule has 3 nitrogen and oxygen atoms in total. The molecule has 0 saturated heterocycles. The van der Waals surface area contributed by atoms with Gasteiger partial charge in [0.1, 0.15) is 0 Å². The maximum absolute atomic E-state index is 11.2. The zero-order chi connectivity index (χ0) is 10.1. The summed E-state index contributed by atoms with van der Waals surface area (Å²) in [6.07, 6.45) is 1.03. The topological polar surface area (TPSA) is 55.1 Å².